The van der Waals surface area contributed by atoms with Crippen molar-refractivity contribution in [3.63, 3.8) is 0 Å². The zero-order valence-corrected chi connectivity index (χ0v) is 12.9. The molecule has 0 unspecified atom stereocenters. The molecule has 2 aliphatic rings. The Kier molecular flexibility index (Phi) is 4.57. The smallest absolute Gasteiger partial charge is 0.343 e. The Morgan fingerprint density at radius 3 is 2.75 bits per heavy atom. The van der Waals surface area contributed by atoms with Crippen LogP contribution in [-0.4, -0.2) is 64.9 Å². The summed E-state index contributed by atoms with van der Waals surface area (Å²) in [6, 6.07) is 4.12. The molecule has 3 N–H and O–H groups in total. The molecule has 2 atom stereocenters. The molecule has 2 saturated heterocycles. The molecule has 24 heavy (non-hydrogen) atoms. The number of carbonyl (C=O) groups excluding carboxylic acids is 1. The number of benzene rings is 1. The van der Waals surface area contributed by atoms with Crippen LogP contribution in [0.5, 0.6) is 11.5 Å². The molecule has 0 radical (unpaired) electrons. The lowest BCUT2D eigenvalue weighted by molar-refractivity contribution is -0.140. The van der Waals surface area contributed by atoms with Crippen LogP contribution in [-0.2, 0) is 4.79 Å². The number of hydrogen-bond acceptors (Lipinski definition) is 5. The molecule has 0 bridgehead atoms. The fraction of sp³-hybridized carbons (Fsp3) is 0.500. The number of hydrogen-bond donors (Lipinski definition) is 3. The first kappa shape index (κ1) is 16.5. The van der Waals surface area contributed by atoms with Crippen molar-refractivity contribution < 1.29 is 28.9 Å². The summed E-state index contributed by atoms with van der Waals surface area (Å²) in [6.45, 7) is 0.984. The van der Waals surface area contributed by atoms with Gasteiger partial charge in [0.25, 0.3) is 0 Å². The lowest BCUT2D eigenvalue weighted by Crippen LogP contribution is -2.56. The van der Waals surface area contributed by atoms with Gasteiger partial charge in [-0.3, -0.25) is 4.79 Å². The van der Waals surface area contributed by atoms with E-state index in [0.29, 0.717) is 26.1 Å². The Morgan fingerprint density at radius 1 is 1.38 bits per heavy atom. The monoisotopic (exact) mass is 338 g/mol. The number of halogens is 1. The first-order valence-corrected chi connectivity index (χ1v) is 7.81. The third-order valence-electron chi connectivity index (χ3n) is 4.30. The highest BCUT2D eigenvalue weighted by molar-refractivity contribution is 5.94. The molecule has 7 nitrogen and oxygen atoms in total. The van der Waals surface area contributed by atoms with Crippen LogP contribution in [0.2, 0.25) is 0 Å². The van der Waals surface area contributed by atoms with E-state index < -0.39 is 12.1 Å². The van der Waals surface area contributed by atoms with Gasteiger partial charge in [-0.05, 0) is 18.6 Å². The molecule has 1 aromatic rings. The Bertz CT molecular complexity index is 647. The summed E-state index contributed by atoms with van der Waals surface area (Å²) in [5.41, 5.74) is -0.286. The number of carbonyl (C=O) groups is 2. The van der Waals surface area contributed by atoms with E-state index in [-0.39, 0.29) is 41.5 Å². The van der Waals surface area contributed by atoms with Crippen molar-refractivity contribution in [3.05, 3.63) is 23.8 Å². The van der Waals surface area contributed by atoms with Gasteiger partial charge in [0, 0.05) is 19.0 Å². The quantitative estimate of drug-likeness (QED) is 0.733. The zero-order chi connectivity index (χ0) is 17.3. The Hall–Kier alpha value is -2.35. The van der Waals surface area contributed by atoms with Crippen molar-refractivity contribution in [2.45, 2.75) is 31.2 Å². The highest BCUT2D eigenvalue weighted by Crippen LogP contribution is 2.29. The number of carboxylic acids is 1. The van der Waals surface area contributed by atoms with Crippen molar-refractivity contribution in [2.75, 3.05) is 19.6 Å². The van der Waals surface area contributed by atoms with Crippen LogP contribution < -0.4 is 10.1 Å². The van der Waals surface area contributed by atoms with Gasteiger partial charge in [-0.1, -0.05) is 6.07 Å². The summed E-state index contributed by atoms with van der Waals surface area (Å²) in [5, 5.41) is 21.7. The fourth-order valence-electron chi connectivity index (χ4n) is 2.99. The van der Waals surface area contributed by atoms with E-state index in [1.165, 1.54) is 18.2 Å². The van der Waals surface area contributed by atoms with Crippen LogP contribution in [0.25, 0.3) is 0 Å². The number of alkyl halides is 1. The summed E-state index contributed by atoms with van der Waals surface area (Å²) in [6.07, 6.45) is -0.612. The minimum absolute atomic E-state index is 0.0733. The van der Waals surface area contributed by atoms with Gasteiger partial charge in [0.1, 0.15) is 29.3 Å². The second kappa shape index (κ2) is 6.64. The second-order valence-corrected chi connectivity index (χ2v) is 6.14. The Morgan fingerprint density at radius 2 is 2.12 bits per heavy atom. The van der Waals surface area contributed by atoms with E-state index in [2.05, 4.69) is 5.32 Å². The van der Waals surface area contributed by atoms with Gasteiger partial charge >= 0.3 is 5.97 Å². The summed E-state index contributed by atoms with van der Waals surface area (Å²) in [5.74, 6) is -1.63. The normalized spacial score (nSPS) is 23.8. The second-order valence-electron chi connectivity index (χ2n) is 6.14. The summed E-state index contributed by atoms with van der Waals surface area (Å²) in [4.78, 5) is 24.9. The van der Waals surface area contributed by atoms with Crippen LogP contribution in [0.4, 0.5) is 4.39 Å². The predicted octanol–water partition coefficient (Wildman–Crippen LogP) is 0.770. The molecule has 3 rings (SSSR count). The van der Waals surface area contributed by atoms with E-state index in [4.69, 9.17) is 9.84 Å². The van der Waals surface area contributed by atoms with Crippen LogP contribution in [0.15, 0.2) is 18.2 Å². The van der Waals surface area contributed by atoms with E-state index in [0.717, 1.165) is 0 Å². The number of likely N-dealkylation sites (tertiary alicyclic amines) is 1. The van der Waals surface area contributed by atoms with Gasteiger partial charge in [-0.15, -0.1) is 0 Å². The van der Waals surface area contributed by atoms with Crippen molar-refractivity contribution in [1.82, 2.24) is 10.2 Å². The topological polar surface area (TPSA) is 99.1 Å². The van der Waals surface area contributed by atoms with Crippen LogP contribution in [0.1, 0.15) is 23.2 Å². The summed E-state index contributed by atoms with van der Waals surface area (Å²) >= 11 is 0. The molecule has 2 fully saturated rings. The lowest BCUT2D eigenvalue weighted by atomic mass is 10.1. The molecular formula is C16H19FN2O5. The molecule has 0 aromatic heterocycles. The molecule has 0 spiro atoms. The molecule has 1 amide bonds. The van der Waals surface area contributed by atoms with Gasteiger partial charge in [0.15, 0.2) is 0 Å². The van der Waals surface area contributed by atoms with Crippen molar-refractivity contribution in [1.29, 1.82) is 0 Å². The summed E-state index contributed by atoms with van der Waals surface area (Å²) in [7, 11) is 0. The minimum atomic E-state index is -1.27. The molecular weight excluding hydrogens is 319 g/mol. The number of ether oxygens (including phenoxy) is 1. The zero-order valence-electron chi connectivity index (χ0n) is 12.9. The third-order valence-corrected chi connectivity index (χ3v) is 4.30. The molecule has 8 heteroatoms. The number of aromatic hydroxyl groups is 1. The van der Waals surface area contributed by atoms with Crippen LogP contribution >= 0.6 is 0 Å². The number of amides is 1. The van der Waals surface area contributed by atoms with E-state index >= 15 is 0 Å². The fourth-order valence-corrected chi connectivity index (χ4v) is 2.99. The Balaban J connectivity index is 1.51. The lowest BCUT2D eigenvalue weighted by Gasteiger charge is -2.39. The number of rotatable bonds is 5. The van der Waals surface area contributed by atoms with E-state index in [9.17, 15) is 19.1 Å². The van der Waals surface area contributed by atoms with Gasteiger partial charge in [-0.2, -0.15) is 0 Å². The number of carboxylic acid groups (broad SMARTS) is 1. The van der Waals surface area contributed by atoms with Gasteiger partial charge < -0.3 is 25.2 Å². The maximum Gasteiger partial charge on any atom is 0.343 e. The van der Waals surface area contributed by atoms with Crippen LogP contribution in [0.3, 0.4) is 0 Å². The number of aromatic carboxylic acids is 1. The molecule has 130 valence electrons. The summed E-state index contributed by atoms with van der Waals surface area (Å²) < 4.78 is 18.7. The maximum absolute atomic E-state index is 13.1. The Labute approximate surface area is 138 Å². The van der Waals surface area contributed by atoms with Gasteiger partial charge in [-0.25, -0.2) is 9.18 Å². The van der Waals surface area contributed by atoms with Crippen molar-refractivity contribution >= 4 is 11.9 Å². The SMILES string of the molecule is O=C(O)c1c(O)cccc1OC1CN(C(=O)C[C@@H]2C[C@H](F)CN2)C1. The van der Waals surface area contributed by atoms with Crippen molar-refractivity contribution in [2.24, 2.45) is 0 Å². The third kappa shape index (κ3) is 3.43. The maximum atomic E-state index is 13.1. The molecule has 2 aliphatic heterocycles. The highest BCUT2D eigenvalue weighted by Gasteiger charge is 2.35. The number of phenols is 1. The number of nitrogens with zero attached hydrogens (tertiary/aromatic N) is 1. The first-order valence-electron chi connectivity index (χ1n) is 7.81. The molecule has 1 aromatic carbocycles. The van der Waals surface area contributed by atoms with Gasteiger partial charge in [0.05, 0.1) is 13.1 Å². The highest BCUT2D eigenvalue weighted by atomic mass is 19.1. The van der Waals surface area contributed by atoms with E-state index in [1.807, 2.05) is 0 Å². The van der Waals surface area contributed by atoms with Gasteiger partial charge in [0.2, 0.25) is 5.91 Å². The molecule has 0 aliphatic carbocycles. The largest absolute Gasteiger partial charge is 0.507 e. The predicted molar refractivity (Wildman–Crippen MR) is 82.0 cm³/mol. The van der Waals surface area contributed by atoms with E-state index in [1.54, 1.807) is 4.90 Å². The first-order chi connectivity index (χ1) is 11.4. The number of nitrogens with one attached hydrogen (secondary N) is 1. The molecule has 2 heterocycles. The average Bonchev–Trinajstić information content (AvgIpc) is 2.86. The van der Waals surface area contributed by atoms with Crippen LogP contribution in [0, 0.1) is 0 Å². The average molecular weight is 338 g/mol. The van der Waals surface area contributed by atoms with Crippen molar-refractivity contribution in [3.8, 4) is 11.5 Å². The standard InChI is InChI=1S/C16H19FN2O5/c17-9-4-10(18-6-9)5-14(21)19-7-11(8-19)24-13-3-1-2-12(20)15(13)16(22)23/h1-3,9-11,18,20H,4-8H2,(H,22,23)/t9-,10-/m0/s1. The molecule has 0 saturated carbocycles. The minimum Gasteiger partial charge on any atom is -0.507 e.